The first-order chi connectivity index (χ1) is 8.19. The van der Waals surface area contributed by atoms with E-state index in [-0.39, 0.29) is 18.6 Å². The lowest BCUT2D eigenvalue weighted by molar-refractivity contribution is -0.136. The molecule has 1 aliphatic rings. The smallest absolute Gasteiger partial charge is 0.333 e. The number of aliphatic hydroxyl groups is 1. The van der Waals surface area contributed by atoms with Crippen molar-refractivity contribution >= 4 is 5.97 Å². The highest BCUT2D eigenvalue weighted by Gasteiger charge is 2.19. The molecular weight excluding hydrogens is 218 g/mol. The molecule has 1 saturated heterocycles. The molecule has 0 aliphatic carbocycles. The molecular formula is C13H23NO3. The molecule has 0 aromatic rings. The third-order valence-electron chi connectivity index (χ3n) is 3.35. The van der Waals surface area contributed by atoms with Crippen molar-refractivity contribution < 1.29 is 14.6 Å². The van der Waals surface area contributed by atoms with Crippen LogP contribution in [0.4, 0.5) is 0 Å². The van der Waals surface area contributed by atoms with Crippen molar-refractivity contribution in [1.82, 2.24) is 4.90 Å². The number of carbonyl (C=O) groups excluding carboxylic acids is 1. The highest BCUT2D eigenvalue weighted by molar-refractivity contribution is 5.87. The van der Waals surface area contributed by atoms with Gasteiger partial charge in [0, 0.05) is 18.2 Å². The Bertz CT molecular complexity index is 276. The Hall–Kier alpha value is -0.870. The zero-order valence-electron chi connectivity index (χ0n) is 10.8. The maximum absolute atomic E-state index is 11.2. The maximum Gasteiger partial charge on any atom is 0.333 e. The molecule has 1 atom stereocenters. The lowest BCUT2D eigenvalue weighted by Crippen LogP contribution is -2.37. The second-order valence-corrected chi connectivity index (χ2v) is 4.56. The molecule has 1 aliphatic heterocycles. The number of carbonyl (C=O) groups is 1. The number of ether oxygens (including phenoxy) is 1. The van der Waals surface area contributed by atoms with Gasteiger partial charge in [-0.1, -0.05) is 18.9 Å². The Balaban J connectivity index is 2.55. The third-order valence-corrected chi connectivity index (χ3v) is 3.35. The zero-order chi connectivity index (χ0) is 12.7. The second-order valence-electron chi connectivity index (χ2n) is 4.56. The number of methoxy groups -OCH3 is 1. The normalized spacial score (nSPS) is 23.2. The molecule has 0 amide bonds. The van der Waals surface area contributed by atoms with Crippen molar-refractivity contribution in [3.05, 3.63) is 11.6 Å². The number of likely N-dealkylation sites (tertiary alicyclic amines) is 1. The average Bonchev–Trinajstić information content (AvgIpc) is 2.59. The number of hydrogen-bond acceptors (Lipinski definition) is 4. The van der Waals surface area contributed by atoms with Crippen LogP contribution in [-0.2, 0) is 9.53 Å². The van der Waals surface area contributed by atoms with Crippen LogP contribution >= 0.6 is 0 Å². The van der Waals surface area contributed by atoms with Gasteiger partial charge in [0.2, 0.25) is 0 Å². The average molecular weight is 241 g/mol. The first kappa shape index (κ1) is 14.2. The van der Waals surface area contributed by atoms with Crippen LogP contribution in [0, 0.1) is 0 Å². The van der Waals surface area contributed by atoms with Crippen molar-refractivity contribution in [2.45, 2.75) is 38.6 Å². The largest absolute Gasteiger partial charge is 0.466 e. The predicted octanol–water partition coefficient (Wildman–Crippen LogP) is 1.34. The summed E-state index contributed by atoms with van der Waals surface area (Å²) in [5.74, 6) is -0.277. The van der Waals surface area contributed by atoms with Gasteiger partial charge in [0.05, 0.1) is 13.7 Å². The molecule has 1 N–H and O–H groups in total. The summed E-state index contributed by atoms with van der Waals surface area (Å²) in [5.41, 5.74) is 0.633. The van der Waals surface area contributed by atoms with Crippen LogP contribution in [0.25, 0.3) is 0 Å². The van der Waals surface area contributed by atoms with Gasteiger partial charge in [-0.15, -0.1) is 0 Å². The van der Waals surface area contributed by atoms with E-state index in [0.717, 1.165) is 13.0 Å². The molecule has 0 spiro atoms. The lowest BCUT2D eigenvalue weighted by atomic mass is 10.1. The molecule has 98 valence electrons. The number of rotatable bonds is 4. The SMILES string of the molecule is COC(=O)C(C)=CCN1CCCCCC1CO. The molecule has 0 radical (unpaired) electrons. The van der Waals surface area contributed by atoms with Crippen LogP contribution in [0.2, 0.25) is 0 Å². The van der Waals surface area contributed by atoms with Crippen molar-refractivity contribution in [2.75, 3.05) is 26.8 Å². The first-order valence-corrected chi connectivity index (χ1v) is 6.29. The molecule has 0 aromatic heterocycles. The summed E-state index contributed by atoms with van der Waals surface area (Å²) in [6, 6.07) is 0.235. The fourth-order valence-corrected chi connectivity index (χ4v) is 2.18. The quantitative estimate of drug-likeness (QED) is 0.596. The molecule has 1 rings (SSSR count). The predicted molar refractivity (Wildman–Crippen MR) is 66.7 cm³/mol. The zero-order valence-corrected chi connectivity index (χ0v) is 10.8. The van der Waals surface area contributed by atoms with Crippen LogP contribution in [0.15, 0.2) is 11.6 Å². The summed E-state index contributed by atoms with van der Waals surface area (Å²) in [6.45, 7) is 3.67. The van der Waals surface area contributed by atoms with Crippen molar-refractivity contribution in [3.63, 3.8) is 0 Å². The first-order valence-electron chi connectivity index (χ1n) is 6.29. The van der Waals surface area contributed by atoms with E-state index in [4.69, 9.17) is 0 Å². The maximum atomic E-state index is 11.2. The van der Waals surface area contributed by atoms with E-state index in [1.807, 2.05) is 6.08 Å². The molecule has 1 unspecified atom stereocenters. The van der Waals surface area contributed by atoms with Gasteiger partial charge in [-0.3, -0.25) is 4.90 Å². The molecule has 4 nitrogen and oxygen atoms in total. The molecule has 0 saturated carbocycles. The number of hydrogen-bond donors (Lipinski definition) is 1. The summed E-state index contributed by atoms with van der Waals surface area (Å²) in [7, 11) is 1.39. The molecule has 17 heavy (non-hydrogen) atoms. The van der Waals surface area contributed by atoms with Gasteiger partial charge in [-0.2, -0.15) is 0 Å². The van der Waals surface area contributed by atoms with Gasteiger partial charge >= 0.3 is 5.97 Å². The van der Waals surface area contributed by atoms with Crippen LogP contribution in [0.1, 0.15) is 32.6 Å². The number of aliphatic hydroxyl groups excluding tert-OH is 1. The molecule has 1 fully saturated rings. The van der Waals surface area contributed by atoms with E-state index in [0.29, 0.717) is 12.1 Å². The third kappa shape index (κ3) is 4.48. The number of esters is 1. The molecule has 0 aromatic carbocycles. The Morgan fingerprint density at radius 1 is 1.47 bits per heavy atom. The summed E-state index contributed by atoms with van der Waals surface area (Å²) in [4.78, 5) is 13.5. The summed E-state index contributed by atoms with van der Waals surface area (Å²) >= 11 is 0. The van der Waals surface area contributed by atoms with Crippen LogP contribution in [0.5, 0.6) is 0 Å². The van der Waals surface area contributed by atoms with Crippen molar-refractivity contribution in [3.8, 4) is 0 Å². The van der Waals surface area contributed by atoms with Crippen LogP contribution < -0.4 is 0 Å². The van der Waals surface area contributed by atoms with Gasteiger partial charge in [0.1, 0.15) is 0 Å². The van der Waals surface area contributed by atoms with E-state index < -0.39 is 0 Å². The van der Waals surface area contributed by atoms with E-state index in [1.165, 1.54) is 26.4 Å². The fourth-order valence-electron chi connectivity index (χ4n) is 2.18. The van der Waals surface area contributed by atoms with Crippen molar-refractivity contribution in [2.24, 2.45) is 0 Å². The van der Waals surface area contributed by atoms with E-state index in [1.54, 1.807) is 6.92 Å². The molecule has 0 bridgehead atoms. The van der Waals surface area contributed by atoms with E-state index in [2.05, 4.69) is 9.64 Å². The second kappa shape index (κ2) is 7.45. The van der Waals surface area contributed by atoms with Gasteiger partial charge in [0.15, 0.2) is 0 Å². The lowest BCUT2D eigenvalue weighted by Gasteiger charge is -2.27. The fraction of sp³-hybridized carbons (Fsp3) is 0.769. The van der Waals surface area contributed by atoms with E-state index >= 15 is 0 Å². The Morgan fingerprint density at radius 3 is 2.88 bits per heavy atom. The van der Waals surface area contributed by atoms with Crippen LogP contribution in [-0.4, -0.2) is 48.8 Å². The topological polar surface area (TPSA) is 49.8 Å². The summed E-state index contributed by atoms with van der Waals surface area (Å²) < 4.78 is 4.65. The van der Waals surface area contributed by atoms with Crippen molar-refractivity contribution in [1.29, 1.82) is 0 Å². The molecule has 1 heterocycles. The monoisotopic (exact) mass is 241 g/mol. The highest BCUT2D eigenvalue weighted by atomic mass is 16.5. The minimum Gasteiger partial charge on any atom is -0.466 e. The number of nitrogens with zero attached hydrogens (tertiary/aromatic N) is 1. The summed E-state index contributed by atoms with van der Waals surface area (Å²) in [5, 5.41) is 9.35. The molecule has 4 heteroatoms. The summed E-state index contributed by atoms with van der Waals surface area (Å²) in [6.07, 6.45) is 6.51. The minimum absolute atomic E-state index is 0.200. The van der Waals surface area contributed by atoms with E-state index in [9.17, 15) is 9.90 Å². The Morgan fingerprint density at radius 2 is 2.24 bits per heavy atom. The van der Waals surface area contributed by atoms with Gasteiger partial charge in [-0.25, -0.2) is 4.79 Å². The highest BCUT2D eigenvalue weighted by Crippen LogP contribution is 2.16. The van der Waals surface area contributed by atoms with Crippen LogP contribution in [0.3, 0.4) is 0 Å². The van der Waals surface area contributed by atoms with Gasteiger partial charge in [-0.05, 0) is 26.3 Å². The Labute approximate surface area is 103 Å². The standard InChI is InChI=1S/C13H23NO3/c1-11(13(16)17-2)7-9-14-8-5-3-4-6-12(14)10-15/h7,12,15H,3-6,8-10H2,1-2H3. The minimum atomic E-state index is -0.277. The van der Waals surface area contributed by atoms with Gasteiger partial charge in [0.25, 0.3) is 0 Å². The Kier molecular flexibility index (Phi) is 6.22. The van der Waals surface area contributed by atoms with Gasteiger partial charge < -0.3 is 9.84 Å².